The minimum Gasteiger partial charge on any atom is -0.363 e. The fraction of sp³-hybridized carbons (Fsp3) is 0.217. The van der Waals surface area contributed by atoms with Crippen molar-refractivity contribution in [3.8, 4) is 0 Å². The first-order chi connectivity index (χ1) is 13.6. The summed E-state index contributed by atoms with van der Waals surface area (Å²) in [4.78, 5) is 18.8. The molecule has 0 aliphatic carbocycles. The number of anilines is 1. The third kappa shape index (κ3) is 5.58. The highest BCUT2D eigenvalue weighted by Gasteiger charge is 2.15. The maximum Gasteiger partial charge on any atom is 0.315 e. The van der Waals surface area contributed by atoms with Crippen molar-refractivity contribution in [2.75, 3.05) is 19.0 Å². The first kappa shape index (κ1) is 19.4. The summed E-state index contributed by atoms with van der Waals surface area (Å²) in [5.41, 5.74) is 3.27. The number of aromatic nitrogens is 1. The van der Waals surface area contributed by atoms with Crippen LogP contribution in [0.15, 0.2) is 79.0 Å². The summed E-state index contributed by atoms with van der Waals surface area (Å²) in [6.07, 6.45) is 2.49. The molecule has 3 rings (SSSR count). The lowest BCUT2D eigenvalue weighted by Gasteiger charge is -2.20. The van der Waals surface area contributed by atoms with Gasteiger partial charge in [0.15, 0.2) is 0 Å². The van der Waals surface area contributed by atoms with Crippen LogP contribution >= 0.6 is 0 Å². The summed E-state index contributed by atoms with van der Waals surface area (Å²) in [5, 5.41) is 6.07. The molecular formula is C23H26N4O. The predicted octanol–water partition coefficient (Wildman–Crippen LogP) is 3.93. The van der Waals surface area contributed by atoms with Gasteiger partial charge in [0.2, 0.25) is 0 Å². The minimum atomic E-state index is -0.187. The first-order valence-electron chi connectivity index (χ1n) is 9.37. The molecule has 1 unspecified atom stereocenters. The Hall–Kier alpha value is -3.34. The lowest BCUT2D eigenvalue weighted by Crippen LogP contribution is -2.38. The fourth-order valence-corrected chi connectivity index (χ4v) is 2.99. The number of carbonyl (C=O) groups excluding carboxylic acids is 1. The minimum absolute atomic E-state index is 0.0987. The van der Waals surface area contributed by atoms with Gasteiger partial charge in [-0.25, -0.2) is 9.78 Å². The van der Waals surface area contributed by atoms with Gasteiger partial charge in [0.25, 0.3) is 0 Å². The van der Waals surface area contributed by atoms with E-state index in [4.69, 9.17) is 0 Å². The van der Waals surface area contributed by atoms with Crippen LogP contribution < -0.4 is 15.5 Å². The largest absolute Gasteiger partial charge is 0.363 e. The summed E-state index contributed by atoms with van der Waals surface area (Å²) >= 11 is 0. The molecule has 144 valence electrons. The number of benzene rings is 2. The molecule has 0 aliphatic rings. The van der Waals surface area contributed by atoms with E-state index in [1.165, 1.54) is 5.56 Å². The summed E-state index contributed by atoms with van der Waals surface area (Å²) in [6, 6.07) is 23.8. The Morgan fingerprint density at radius 3 is 2.32 bits per heavy atom. The maximum absolute atomic E-state index is 12.6. The topological polar surface area (TPSA) is 57.3 Å². The molecule has 28 heavy (non-hydrogen) atoms. The fourth-order valence-electron chi connectivity index (χ4n) is 2.99. The summed E-state index contributed by atoms with van der Waals surface area (Å²) in [7, 11) is 3.89. The molecule has 2 amide bonds. The third-order valence-electron chi connectivity index (χ3n) is 4.51. The second-order valence-electron chi connectivity index (χ2n) is 6.90. The highest BCUT2D eigenvalue weighted by molar-refractivity contribution is 5.74. The maximum atomic E-state index is 12.6. The summed E-state index contributed by atoms with van der Waals surface area (Å²) < 4.78 is 0. The van der Waals surface area contributed by atoms with Crippen LogP contribution in [0, 0.1) is 0 Å². The van der Waals surface area contributed by atoms with Crippen LogP contribution in [0.4, 0.5) is 10.6 Å². The molecule has 0 radical (unpaired) electrons. The van der Waals surface area contributed by atoms with Crippen molar-refractivity contribution < 1.29 is 4.79 Å². The van der Waals surface area contributed by atoms with Crippen molar-refractivity contribution in [2.45, 2.75) is 19.0 Å². The Bertz CT molecular complexity index is 881. The van der Waals surface area contributed by atoms with Crippen LogP contribution in [0.5, 0.6) is 0 Å². The Morgan fingerprint density at radius 2 is 1.64 bits per heavy atom. The van der Waals surface area contributed by atoms with Crippen LogP contribution in [0.25, 0.3) is 0 Å². The number of carbonyl (C=O) groups is 1. The molecule has 0 saturated heterocycles. The van der Waals surface area contributed by atoms with E-state index in [1.54, 1.807) is 6.20 Å². The number of pyridine rings is 1. The van der Waals surface area contributed by atoms with Gasteiger partial charge in [0, 0.05) is 26.8 Å². The molecule has 3 aromatic rings. The molecule has 2 aromatic carbocycles. The number of amides is 2. The average Bonchev–Trinajstić information content (AvgIpc) is 2.73. The second-order valence-corrected chi connectivity index (χ2v) is 6.90. The van der Waals surface area contributed by atoms with Gasteiger partial charge in [-0.05, 0) is 35.2 Å². The van der Waals surface area contributed by atoms with E-state index in [1.807, 2.05) is 79.7 Å². The Balaban J connectivity index is 1.65. The van der Waals surface area contributed by atoms with Crippen molar-refractivity contribution in [3.05, 3.63) is 95.7 Å². The summed E-state index contributed by atoms with van der Waals surface area (Å²) in [5.74, 6) is 0.867. The molecule has 5 nitrogen and oxygen atoms in total. The zero-order valence-corrected chi connectivity index (χ0v) is 16.3. The normalized spacial score (nSPS) is 11.5. The quantitative estimate of drug-likeness (QED) is 0.659. The molecule has 5 heteroatoms. The van der Waals surface area contributed by atoms with Crippen molar-refractivity contribution in [1.82, 2.24) is 15.6 Å². The van der Waals surface area contributed by atoms with Crippen LogP contribution in [-0.2, 0) is 13.0 Å². The van der Waals surface area contributed by atoms with E-state index >= 15 is 0 Å². The molecule has 2 N–H and O–H groups in total. The first-order valence-corrected chi connectivity index (χ1v) is 9.37. The van der Waals surface area contributed by atoms with Gasteiger partial charge >= 0.3 is 6.03 Å². The number of hydrogen-bond acceptors (Lipinski definition) is 3. The number of nitrogens with one attached hydrogen (secondary N) is 2. The number of nitrogens with zero attached hydrogens (tertiary/aromatic N) is 2. The zero-order valence-electron chi connectivity index (χ0n) is 16.3. The third-order valence-corrected chi connectivity index (χ3v) is 4.51. The van der Waals surface area contributed by atoms with Gasteiger partial charge in [-0.1, -0.05) is 60.7 Å². The van der Waals surface area contributed by atoms with Crippen molar-refractivity contribution in [1.29, 1.82) is 0 Å². The van der Waals surface area contributed by atoms with Gasteiger partial charge in [-0.2, -0.15) is 0 Å². The monoisotopic (exact) mass is 374 g/mol. The lowest BCUT2D eigenvalue weighted by atomic mass is 9.99. The number of urea groups is 1. The molecule has 0 saturated carbocycles. The second kappa shape index (κ2) is 9.55. The van der Waals surface area contributed by atoms with Crippen LogP contribution in [0.3, 0.4) is 0 Å². The van der Waals surface area contributed by atoms with E-state index in [0.717, 1.165) is 23.4 Å². The van der Waals surface area contributed by atoms with Gasteiger partial charge in [-0.15, -0.1) is 0 Å². The predicted molar refractivity (Wildman–Crippen MR) is 113 cm³/mol. The Kier molecular flexibility index (Phi) is 6.63. The van der Waals surface area contributed by atoms with Crippen molar-refractivity contribution in [3.63, 3.8) is 0 Å². The number of rotatable bonds is 7. The SMILES string of the molecule is CN(C)c1cc(CNC(=O)NC(Cc2ccccc2)c2ccccc2)ccn1. The standard InChI is InChI=1S/C23H26N4O/c1-27(2)22-16-19(13-14-24-22)17-25-23(28)26-21(20-11-7-4-8-12-20)15-18-9-5-3-6-10-18/h3-14,16,21H,15,17H2,1-2H3,(H2,25,26,28). The van der Waals surface area contributed by atoms with E-state index in [2.05, 4.69) is 27.8 Å². The van der Waals surface area contributed by atoms with Crippen LogP contribution in [-0.4, -0.2) is 25.1 Å². The molecule has 0 fully saturated rings. The zero-order chi connectivity index (χ0) is 19.8. The molecule has 0 bridgehead atoms. The molecular weight excluding hydrogens is 348 g/mol. The number of hydrogen-bond donors (Lipinski definition) is 2. The molecule has 1 aromatic heterocycles. The van der Waals surface area contributed by atoms with Gasteiger partial charge in [0.1, 0.15) is 5.82 Å². The van der Waals surface area contributed by atoms with E-state index in [9.17, 15) is 4.79 Å². The van der Waals surface area contributed by atoms with E-state index in [-0.39, 0.29) is 12.1 Å². The molecule has 1 heterocycles. The van der Waals surface area contributed by atoms with Gasteiger partial charge in [-0.3, -0.25) is 0 Å². The van der Waals surface area contributed by atoms with Gasteiger partial charge in [0.05, 0.1) is 6.04 Å². The van der Waals surface area contributed by atoms with Crippen LogP contribution in [0.1, 0.15) is 22.7 Å². The molecule has 1 atom stereocenters. The van der Waals surface area contributed by atoms with Crippen LogP contribution in [0.2, 0.25) is 0 Å². The van der Waals surface area contributed by atoms with Gasteiger partial charge < -0.3 is 15.5 Å². The Morgan fingerprint density at radius 1 is 0.964 bits per heavy atom. The molecule has 0 spiro atoms. The Labute approximate surface area is 166 Å². The lowest BCUT2D eigenvalue weighted by molar-refractivity contribution is 0.236. The highest BCUT2D eigenvalue weighted by Crippen LogP contribution is 2.18. The van der Waals surface area contributed by atoms with Crippen molar-refractivity contribution in [2.24, 2.45) is 0 Å². The van der Waals surface area contributed by atoms with E-state index < -0.39 is 0 Å². The average molecular weight is 374 g/mol. The smallest absolute Gasteiger partial charge is 0.315 e. The summed E-state index contributed by atoms with van der Waals surface area (Å²) in [6.45, 7) is 0.446. The highest BCUT2D eigenvalue weighted by atomic mass is 16.2. The van der Waals surface area contributed by atoms with Crippen molar-refractivity contribution >= 4 is 11.8 Å². The van der Waals surface area contributed by atoms with E-state index in [0.29, 0.717) is 6.54 Å². The molecule has 0 aliphatic heterocycles.